The molecule has 4 nitrogen and oxygen atoms in total. The summed E-state index contributed by atoms with van der Waals surface area (Å²) >= 11 is 0. The lowest BCUT2D eigenvalue weighted by Gasteiger charge is -2.14. The minimum Gasteiger partial charge on any atom is -0.507 e. The van der Waals surface area contributed by atoms with Gasteiger partial charge in [0.1, 0.15) is 23.0 Å². The Kier molecular flexibility index (Phi) is 5.26. The zero-order valence-corrected chi connectivity index (χ0v) is 15.3. The standard InChI is InChI=1S/C21H23FN2O2/c1-4-10-26-19-12-18(25)17(11-14(19)5-2)21-20(13(3)23-24-21)15-6-8-16(22)9-7-15/h6-9,11-12,25H,4-5,10H2,1-3H3,(H,23,24). The molecule has 0 unspecified atom stereocenters. The van der Waals surface area contributed by atoms with E-state index in [9.17, 15) is 9.50 Å². The zero-order valence-electron chi connectivity index (χ0n) is 15.3. The normalized spacial score (nSPS) is 10.9. The lowest BCUT2D eigenvalue weighted by Crippen LogP contribution is -1.99. The zero-order chi connectivity index (χ0) is 18.7. The Morgan fingerprint density at radius 2 is 1.88 bits per heavy atom. The van der Waals surface area contributed by atoms with E-state index in [1.807, 2.05) is 26.8 Å². The van der Waals surface area contributed by atoms with Crippen LogP contribution in [0.1, 0.15) is 31.5 Å². The van der Waals surface area contributed by atoms with Crippen molar-refractivity contribution in [3.05, 3.63) is 53.5 Å². The third-order valence-corrected chi connectivity index (χ3v) is 4.36. The highest BCUT2D eigenvalue weighted by molar-refractivity contribution is 5.85. The quantitative estimate of drug-likeness (QED) is 0.636. The SMILES string of the molecule is CCCOc1cc(O)c(-c2n[nH]c(C)c2-c2ccc(F)cc2)cc1CC. The van der Waals surface area contributed by atoms with Gasteiger partial charge in [-0.2, -0.15) is 5.10 Å². The Morgan fingerprint density at radius 3 is 2.54 bits per heavy atom. The summed E-state index contributed by atoms with van der Waals surface area (Å²) in [5.41, 5.74) is 4.84. The summed E-state index contributed by atoms with van der Waals surface area (Å²) in [5.74, 6) is 0.527. The molecule has 0 aliphatic carbocycles. The monoisotopic (exact) mass is 354 g/mol. The van der Waals surface area contributed by atoms with Crippen molar-refractivity contribution in [1.82, 2.24) is 10.2 Å². The first-order valence-corrected chi connectivity index (χ1v) is 8.85. The van der Waals surface area contributed by atoms with Crippen molar-refractivity contribution in [2.75, 3.05) is 6.61 Å². The highest BCUT2D eigenvalue weighted by Crippen LogP contribution is 2.40. The van der Waals surface area contributed by atoms with Crippen LogP contribution < -0.4 is 4.74 Å². The smallest absolute Gasteiger partial charge is 0.128 e. The topological polar surface area (TPSA) is 58.1 Å². The molecule has 0 atom stereocenters. The molecule has 0 bridgehead atoms. The number of aromatic hydroxyl groups is 1. The second-order valence-corrected chi connectivity index (χ2v) is 6.26. The van der Waals surface area contributed by atoms with Crippen LogP contribution in [0, 0.1) is 12.7 Å². The number of aromatic nitrogens is 2. The maximum atomic E-state index is 13.3. The van der Waals surface area contributed by atoms with E-state index in [-0.39, 0.29) is 11.6 Å². The number of aryl methyl sites for hydroxylation is 2. The molecule has 0 aliphatic heterocycles. The van der Waals surface area contributed by atoms with Crippen molar-refractivity contribution < 1.29 is 14.2 Å². The van der Waals surface area contributed by atoms with Crippen molar-refractivity contribution in [2.45, 2.75) is 33.6 Å². The van der Waals surface area contributed by atoms with Gasteiger partial charge in [0.15, 0.2) is 0 Å². The highest BCUT2D eigenvalue weighted by atomic mass is 19.1. The number of hydrogen-bond donors (Lipinski definition) is 2. The van der Waals surface area contributed by atoms with Gasteiger partial charge in [-0.25, -0.2) is 4.39 Å². The van der Waals surface area contributed by atoms with Crippen LogP contribution in [0.25, 0.3) is 22.4 Å². The van der Waals surface area contributed by atoms with Crippen LogP contribution >= 0.6 is 0 Å². The van der Waals surface area contributed by atoms with Crippen LogP contribution in [-0.4, -0.2) is 21.9 Å². The Morgan fingerprint density at radius 1 is 1.15 bits per heavy atom. The van der Waals surface area contributed by atoms with Gasteiger partial charge in [-0.15, -0.1) is 0 Å². The van der Waals surface area contributed by atoms with Crippen LogP contribution in [0.4, 0.5) is 4.39 Å². The number of nitrogens with zero attached hydrogens (tertiary/aromatic N) is 1. The molecule has 0 aliphatic rings. The highest BCUT2D eigenvalue weighted by Gasteiger charge is 2.19. The van der Waals surface area contributed by atoms with Crippen molar-refractivity contribution in [3.8, 4) is 33.9 Å². The minimum absolute atomic E-state index is 0.114. The van der Waals surface area contributed by atoms with E-state index >= 15 is 0 Å². The van der Waals surface area contributed by atoms with Gasteiger partial charge in [0.2, 0.25) is 0 Å². The average molecular weight is 354 g/mol. The lowest BCUT2D eigenvalue weighted by molar-refractivity contribution is 0.312. The molecule has 0 spiro atoms. The second kappa shape index (κ2) is 7.60. The average Bonchev–Trinajstić information content (AvgIpc) is 3.02. The van der Waals surface area contributed by atoms with E-state index in [0.717, 1.165) is 35.2 Å². The number of ether oxygens (including phenoxy) is 1. The van der Waals surface area contributed by atoms with Crippen LogP contribution in [0.3, 0.4) is 0 Å². The van der Waals surface area contributed by atoms with Crippen molar-refractivity contribution >= 4 is 0 Å². The molecule has 0 amide bonds. The van der Waals surface area contributed by atoms with Gasteiger partial charge < -0.3 is 9.84 Å². The first-order chi connectivity index (χ1) is 12.5. The fourth-order valence-corrected chi connectivity index (χ4v) is 3.02. The number of H-pyrrole nitrogens is 1. The summed E-state index contributed by atoms with van der Waals surface area (Å²) in [7, 11) is 0. The number of rotatable bonds is 6. The summed E-state index contributed by atoms with van der Waals surface area (Å²) in [4.78, 5) is 0. The molecule has 2 N–H and O–H groups in total. The number of phenols is 1. The molecule has 0 radical (unpaired) electrons. The molecule has 0 saturated carbocycles. The van der Waals surface area contributed by atoms with Gasteiger partial charge in [-0.05, 0) is 49.1 Å². The first-order valence-electron chi connectivity index (χ1n) is 8.85. The molecule has 3 rings (SSSR count). The molecular weight excluding hydrogens is 331 g/mol. The summed E-state index contributed by atoms with van der Waals surface area (Å²) < 4.78 is 19.0. The number of benzene rings is 2. The van der Waals surface area contributed by atoms with E-state index in [0.29, 0.717) is 23.6 Å². The molecule has 0 fully saturated rings. The van der Waals surface area contributed by atoms with Gasteiger partial charge in [-0.1, -0.05) is 26.0 Å². The summed E-state index contributed by atoms with van der Waals surface area (Å²) in [5, 5.41) is 18.0. The maximum Gasteiger partial charge on any atom is 0.128 e. The predicted octanol–water partition coefficient (Wildman–Crippen LogP) is 5.25. The van der Waals surface area contributed by atoms with Crippen molar-refractivity contribution in [1.29, 1.82) is 0 Å². The molecular formula is C21H23FN2O2. The van der Waals surface area contributed by atoms with Crippen LogP contribution in [0.15, 0.2) is 36.4 Å². The first kappa shape index (κ1) is 18.0. The molecule has 0 saturated heterocycles. The van der Waals surface area contributed by atoms with Crippen LogP contribution in [0.2, 0.25) is 0 Å². The number of aromatic amines is 1. The molecule has 1 aromatic heterocycles. The predicted molar refractivity (Wildman–Crippen MR) is 101 cm³/mol. The second-order valence-electron chi connectivity index (χ2n) is 6.26. The largest absolute Gasteiger partial charge is 0.507 e. The molecule has 5 heteroatoms. The summed E-state index contributed by atoms with van der Waals surface area (Å²) in [6.07, 6.45) is 1.68. The Labute approximate surface area is 152 Å². The maximum absolute atomic E-state index is 13.3. The van der Waals surface area contributed by atoms with E-state index in [4.69, 9.17) is 4.74 Å². The Bertz CT molecular complexity index is 901. The summed E-state index contributed by atoms with van der Waals surface area (Å²) in [6.45, 7) is 6.60. The van der Waals surface area contributed by atoms with E-state index < -0.39 is 0 Å². The van der Waals surface area contributed by atoms with Gasteiger partial charge in [0.25, 0.3) is 0 Å². The fraction of sp³-hybridized carbons (Fsp3) is 0.286. The number of nitrogens with one attached hydrogen (secondary N) is 1. The third-order valence-electron chi connectivity index (χ3n) is 4.36. The third kappa shape index (κ3) is 3.43. The number of hydrogen-bond acceptors (Lipinski definition) is 3. The molecule has 3 aromatic rings. The van der Waals surface area contributed by atoms with Gasteiger partial charge in [0, 0.05) is 22.9 Å². The minimum atomic E-state index is -0.287. The fourth-order valence-electron chi connectivity index (χ4n) is 3.02. The van der Waals surface area contributed by atoms with E-state index in [1.54, 1.807) is 18.2 Å². The number of phenolic OH excluding ortho intramolecular Hbond substituents is 1. The Hall–Kier alpha value is -2.82. The van der Waals surface area contributed by atoms with Crippen LogP contribution in [-0.2, 0) is 6.42 Å². The van der Waals surface area contributed by atoms with Gasteiger partial charge in [0.05, 0.1) is 6.61 Å². The Balaban J connectivity index is 2.11. The van der Waals surface area contributed by atoms with E-state index in [2.05, 4.69) is 10.2 Å². The number of halogens is 1. The molecule has 136 valence electrons. The van der Waals surface area contributed by atoms with E-state index in [1.165, 1.54) is 12.1 Å². The van der Waals surface area contributed by atoms with Crippen molar-refractivity contribution in [2.24, 2.45) is 0 Å². The van der Waals surface area contributed by atoms with Crippen LogP contribution in [0.5, 0.6) is 11.5 Å². The van der Waals surface area contributed by atoms with Crippen molar-refractivity contribution in [3.63, 3.8) is 0 Å². The molecule has 1 heterocycles. The lowest BCUT2D eigenvalue weighted by atomic mass is 9.96. The van der Waals surface area contributed by atoms with Gasteiger partial charge in [-0.3, -0.25) is 5.10 Å². The molecule has 26 heavy (non-hydrogen) atoms. The molecule has 2 aromatic carbocycles. The summed E-state index contributed by atoms with van der Waals surface area (Å²) in [6, 6.07) is 9.85. The van der Waals surface area contributed by atoms with Gasteiger partial charge >= 0.3 is 0 Å².